The first kappa shape index (κ1) is 26.0. The van der Waals surface area contributed by atoms with E-state index in [0.29, 0.717) is 11.4 Å². The maximum Gasteiger partial charge on any atom is 0.573 e. The van der Waals surface area contributed by atoms with E-state index in [1.165, 1.54) is 12.1 Å². The van der Waals surface area contributed by atoms with Crippen LogP contribution in [0.25, 0.3) is 32.9 Å². The van der Waals surface area contributed by atoms with Crippen LogP contribution in [0, 0.1) is 6.92 Å². The lowest BCUT2D eigenvalue weighted by atomic mass is 10.0. The van der Waals surface area contributed by atoms with Crippen molar-refractivity contribution in [2.45, 2.75) is 13.3 Å². The van der Waals surface area contributed by atoms with E-state index in [1.54, 1.807) is 42.3 Å². The van der Waals surface area contributed by atoms with Gasteiger partial charge in [-0.1, -0.05) is 24.3 Å². The molecule has 0 spiro atoms. The quantitative estimate of drug-likeness (QED) is 0.179. The van der Waals surface area contributed by atoms with Gasteiger partial charge in [0.25, 0.3) is 0 Å². The number of amides is 2. The standard InChI is InChI=1S/C27H21F3N6O2S/c1-16-4-3-13-31-25(16)33-26(37)35-39-32-15-17-5-11-21-19(14-17)8-12-22-23(21)34-36(2)24(22)18-6-9-20(10-7-18)38-27(28,29)30/h3-15H,1-2H3,(H2,31,33,35,37). The van der Waals surface area contributed by atoms with Crippen molar-refractivity contribution < 1.29 is 22.7 Å². The fourth-order valence-electron chi connectivity index (χ4n) is 4.15. The van der Waals surface area contributed by atoms with Crippen LogP contribution in [0.2, 0.25) is 0 Å². The first-order valence-electron chi connectivity index (χ1n) is 11.6. The molecule has 0 radical (unpaired) electrons. The van der Waals surface area contributed by atoms with Gasteiger partial charge in [-0.2, -0.15) is 5.10 Å². The Morgan fingerprint density at radius 2 is 1.85 bits per heavy atom. The Bertz CT molecular complexity index is 1700. The summed E-state index contributed by atoms with van der Waals surface area (Å²) in [5.41, 5.74) is 3.93. The number of aryl methyl sites for hydroxylation is 2. The van der Waals surface area contributed by atoms with Crippen LogP contribution >= 0.6 is 12.1 Å². The summed E-state index contributed by atoms with van der Waals surface area (Å²) in [6, 6.07) is 18.6. The second kappa shape index (κ2) is 10.7. The summed E-state index contributed by atoms with van der Waals surface area (Å²) in [6.45, 7) is 1.85. The number of carbonyl (C=O) groups excluding carboxylic acids is 1. The third-order valence-corrected chi connectivity index (χ3v) is 6.33. The molecule has 0 saturated carbocycles. The van der Waals surface area contributed by atoms with Gasteiger partial charge < -0.3 is 4.74 Å². The SMILES string of the molecule is Cc1cccnc1NC(=O)NSN=Cc1ccc2c(ccc3c(-c4ccc(OC(F)(F)F)cc4)n(C)nc32)c1. The monoisotopic (exact) mass is 550 g/mol. The minimum Gasteiger partial charge on any atom is -0.406 e. The zero-order chi connectivity index (χ0) is 27.6. The molecule has 8 nitrogen and oxygen atoms in total. The molecule has 0 atom stereocenters. The van der Waals surface area contributed by atoms with E-state index < -0.39 is 12.4 Å². The largest absolute Gasteiger partial charge is 0.573 e. The van der Waals surface area contributed by atoms with Gasteiger partial charge in [-0.05, 0) is 65.9 Å². The van der Waals surface area contributed by atoms with Crippen molar-refractivity contribution in [1.82, 2.24) is 19.5 Å². The van der Waals surface area contributed by atoms with Crippen LogP contribution in [0.4, 0.5) is 23.8 Å². The molecule has 2 amide bonds. The maximum absolute atomic E-state index is 12.5. The number of pyridine rings is 1. The molecule has 39 heavy (non-hydrogen) atoms. The second-order valence-corrected chi connectivity index (χ2v) is 9.14. The Morgan fingerprint density at radius 1 is 1.08 bits per heavy atom. The van der Waals surface area contributed by atoms with E-state index in [9.17, 15) is 18.0 Å². The number of rotatable bonds is 6. The van der Waals surface area contributed by atoms with Gasteiger partial charge in [-0.25, -0.2) is 14.2 Å². The van der Waals surface area contributed by atoms with Crippen LogP contribution in [0.5, 0.6) is 5.75 Å². The summed E-state index contributed by atoms with van der Waals surface area (Å²) >= 11 is 0.889. The molecular weight excluding hydrogens is 529 g/mol. The number of hydrogen-bond donors (Lipinski definition) is 2. The van der Waals surface area contributed by atoms with Crippen molar-refractivity contribution >= 4 is 51.9 Å². The van der Waals surface area contributed by atoms with Gasteiger partial charge in [-0.15, -0.1) is 13.2 Å². The summed E-state index contributed by atoms with van der Waals surface area (Å²) in [4.78, 5) is 16.2. The number of ether oxygens (including phenoxy) is 1. The Labute approximate surface area is 225 Å². The zero-order valence-electron chi connectivity index (χ0n) is 20.7. The summed E-state index contributed by atoms with van der Waals surface area (Å²) < 4.78 is 50.0. The topological polar surface area (TPSA) is 93.4 Å². The van der Waals surface area contributed by atoms with Crippen molar-refractivity contribution in [1.29, 1.82) is 0 Å². The smallest absolute Gasteiger partial charge is 0.406 e. The fraction of sp³-hybridized carbons (Fsp3) is 0.111. The van der Waals surface area contributed by atoms with Crippen LogP contribution < -0.4 is 14.8 Å². The molecule has 2 aromatic heterocycles. The number of halogens is 3. The number of benzene rings is 3. The molecule has 2 heterocycles. The minimum absolute atomic E-state index is 0.283. The van der Waals surface area contributed by atoms with Gasteiger partial charge >= 0.3 is 12.4 Å². The first-order chi connectivity index (χ1) is 18.7. The predicted octanol–water partition coefficient (Wildman–Crippen LogP) is 6.80. The fourth-order valence-corrected chi connectivity index (χ4v) is 4.51. The van der Waals surface area contributed by atoms with E-state index in [4.69, 9.17) is 0 Å². The minimum atomic E-state index is -4.74. The van der Waals surface area contributed by atoms with Crippen LogP contribution in [0.3, 0.4) is 0 Å². The number of anilines is 1. The number of fused-ring (bicyclic) bond motifs is 3. The highest BCUT2D eigenvalue weighted by Gasteiger charge is 2.31. The highest BCUT2D eigenvalue weighted by atomic mass is 32.2. The molecule has 2 N–H and O–H groups in total. The van der Waals surface area contributed by atoms with E-state index in [1.807, 2.05) is 43.3 Å². The van der Waals surface area contributed by atoms with Crippen LogP contribution in [-0.4, -0.2) is 33.4 Å². The van der Waals surface area contributed by atoms with Gasteiger partial charge in [0.15, 0.2) is 0 Å². The third-order valence-electron chi connectivity index (χ3n) is 5.84. The highest BCUT2D eigenvalue weighted by molar-refractivity contribution is 7.96. The number of alkyl halides is 3. The van der Waals surface area contributed by atoms with Gasteiger partial charge in [0.05, 0.1) is 17.8 Å². The molecule has 0 unspecified atom stereocenters. The first-order valence-corrected chi connectivity index (χ1v) is 12.4. The van der Waals surface area contributed by atoms with Gasteiger partial charge in [0.2, 0.25) is 0 Å². The van der Waals surface area contributed by atoms with E-state index in [2.05, 4.69) is 29.3 Å². The average Bonchev–Trinajstić information content (AvgIpc) is 3.23. The number of urea groups is 1. The summed E-state index contributed by atoms with van der Waals surface area (Å²) in [5, 5.41) is 10.1. The number of aromatic nitrogens is 3. The Hall–Kier alpha value is -4.58. The van der Waals surface area contributed by atoms with Crippen LogP contribution in [0.1, 0.15) is 11.1 Å². The molecule has 0 aliphatic heterocycles. The van der Waals surface area contributed by atoms with E-state index in [-0.39, 0.29) is 5.75 Å². The molecule has 3 aromatic carbocycles. The predicted molar refractivity (Wildman–Crippen MR) is 147 cm³/mol. The zero-order valence-corrected chi connectivity index (χ0v) is 21.5. The van der Waals surface area contributed by atoms with Crippen molar-refractivity contribution in [3.05, 3.63) is 84.1 Å². The lowest BCUT2D eigenvalue weighted by molar-refractivity contribution is -0.274. The molecule has 0 bridgehead atoms. The molecule has 198 valence electrons. The van der Waals surface area contributed by atoms with Crippen molar-refractivity contribution in [2.75, 3.05) is 5.32 Å². The molecule has 0 fully saturated rings. The number of nitrogens with zero attached hydrogens (tertiary/aromatic N) is 4. The normalized spacial score (nSPS) is 11.8. The van der Waals surface area contributed by atoms with E-state index in [0.717, 1.165) is 50.6 Å². The molecule has 0 saturated heterocycles. The number of hydrogen-bond acceptors (Lipinski definition) is 6. The molecule has 0 aliphatic carbocycles. The summed E-state index contributed by atoms with van der Waals surface area (Å²) in [5.74, 6) is 0.195. The Kier molecular flexibility index (Phi) is 7.11. The number of carbonyl (C=O) groups is 1. The van der Waals surface area contributed by atoms with Gasteiger partial charge in [-0.3, -0.25) is 14.7 Å². The highest BCUT2D eigenvalue weighted by Crippen LogP contribution is 2.34. The van der Waals surface area contributed by atoms with Crippen LogP contribution in [-0.2, 0) is 7.05 Å². The lowest BCUT2D eigenvalue weighted by Crippen LogP contribution is -2.23. The van der Waals surface area contributed by atoms with Gasteiger partial charge in [0, 0.05) is 35.8 Å². The summed E-state index contributed by atoms with van der Waals surface area (Å²) in [7, 11) is 1.79. The van der Waals surface area contributed by atoms with Crippen LogP contribution in [0.15, 0.2) is 77.3 Å². The van der Waals surface area contributed by atoms with Crippen molar-refractivity contribution in [3.8, 4) is 17.0 Å². The second-order valence-electron chi connectivity index (χ2n) is 8.54. The molecule has 5 aromatic rings. The molecule has 0 aliphatic rings. The summed E-state index contributed by atoms with van der Waals surface area (Å²) in [6.07, 6.45) is -1.51. The lowest BCUT2D eigenvalue weighted by Gasteiger charge is -2.09. The maximum atomic E-state index is 12.5. The molecule has 5 rings (SSSR count). The Morgan fingerprint density at radius 3 is 2.59 bits per heavy atom. The van der Waals surface area contributed by atoms with Crippen molar-refractivity contribution in [3.63, 3.8) is 0 Å². The van der Waals surface area contributed by atoms with E-state index >= 15 is 0 Å². The Balaban J connectivity index is 1.31. The van der Waals surface area contributed by atoms with Gasteiger partial charge in [0.1, 0.15) is 17.1 Å². The molecular formula is C27H21F3N6O2S. The number of nitrogens with one attached hydrogen (secondary N) is 2. The van der Waals surface area contributed by atoms with Crippen molar-refractivity contribution in [2.24, 2.45) is 11.4 Å². The average molecular weight is 551 g/mol. The molecule has 12 heteroatoms. The third kappa shape index (κ3) is 5.96.